The van der Waals surface area contributed by atoms with Crippen LogP contribution in [0.1, 0.15) is 44.6 Å². The quantitative estimate of drug-likeness (QED) is 0.617. The molecule has 1 heterocycles. The van der Waals surface area contributed by atoms with Gasteiger partial charge in [-0.2, -0.15) is 0 Å². The number of nitrogens with zero attached hydrogens (tertiary/aromatic N) is 1. The number of hydrogen-bond acceptors (Lipinski definition) is 2. The molecule has 1 aliphatic rings. The Labute approximate surface area is 127 Å². The smallest absolute Gasteiger partial charge is 0.262 e. The zero-order valence-electron chi connectivity index (χ0n) is 11.2. The fraction of sp³-hybridized carbons (Fsp3) is 0.467. The highest BCUT2D eigenvalue weighted by Crippen LogP contribution is 2.26. The number of halogens is 1. The van der Waals surface area contributed by atoms with Crippen LogP contribution in [-0.4, -0.2) is 9.55 Å². The first-order valence-corrected chi connectivity index (χ1v) is 7.89. The summed E-state index contributed by atoms with van der Waals surface area (Å²) in [6, 6.07) is 5.51. The molecule has 0 spiro atoms. The minimum absolute atomic E-state index is 0.00677. The number of benzene rings is 1. The van der Waals surface area contributed by atoms with Crippen molar-refractivity contribution in [2.24, 2.45) is 0 Å². The van der Waals surface area contributed by atoms with Crippen LogP contribution in [0.4, 0.5) is 0 Å². The molecule has 1 aromatic heterocycles. The standard InChI is InChI=1S/C15H17ClN2OS/c16-10-7-8-12-13(9-10)17-15(20)18(14(12)19)11-5-3-1-2-4-6-11/h7-9,11H,1-6H2,(H,17,20). The van der Waals surface area contributed by atoms with Gasteiger partial charge in [0.2, 0.25) is 0 Å². The third kappa shape index (κ3) is 2.54. The normalized spacial score (nSPS) is 17.2. The lowest BCUT2D eigenvalue weighted by molar-refractivity contribution is 0.425. The van der Waals surface area contributed by atoms with Gasteiger partial charge in [-0.25, -0.2) is 0 Å². The highest BCUT2D eigenvalue weighted by atomic mass is 35.5. The van der Waals surface area contributed by atoms with Gasteiger partial charge in [0.15, 0.2) is 4.77 Å². The first-order chi connectivity index (χ1) is 9.66. The second kappa shape index (κ2) is 5.70. The van der Waals surface area contributed by atoms with E-state index >= 15 is 0 Å². The molecule has 2 aromatic rings. The second-order valence-electron chi connectivity index (χ2n) is 5.44. The van der Waals surface area contributed by atoms with E-state index < -0.39 is 0 Å². The van der Waals surface area contributed by atoms with Crippen LogP contribution in [0.5, 0.6) is 0 Å². The van der Waals surface area contributed by atoms with Crippen LogP contribution in [0, 0.1) is 4.77 Å². The maximum atomic E-state index is 12.7. The van der Waals surface area contributed by atoms with Crippen molar-refractivity contribution in [3.05, 3.63) is 38.3 Å². The molecule has 1 aromatic carbocycles. The van der Waals surface area contributed by atoms with Gasteiger partial charge in [0.25, 0.3) is 5.56 Å². The van der Waals surface area contributed by atoms with E-state index in [-0.39, 0.29) is 11.6 Å². The van der Waals surface area contributed by atoms with Crippen molar-refractivity contribution in [3.63, 3.8) is 0 Å². The second-order valence-corrected chi connectivity index (χ2v) is 6.26. The van der Waals surface area contributed by atoms with Crippen LogP contribution in [0.15, 0.2) is 23.0 Å². The molecule has 0 saturated heterocycles. The number of fused-ring (bicyclic) bond motifs is 1. The van der Waals surface area contributed by atoms with Gasteiger partial charge in [0.05, 0.1) is 10.9 Å². The van der Waals surface area contributed by atoms with Crippen LogP contribution in [0.3, 0.4) is 0 Å². The first-order valence-electron chi connectivity index (χ1n) is 7.11. The van der Waals surface area contributed by atoms with Crippen molar-refractivity contribution in [3.8, 4) is 0 Å². The summed E-state index contributed by atoms with van der Waals surface area (Å²) in [7, 11) is 0. The lowest BCUT2D eigenvalue weighted by atomic mass is 10.1. The highest BCUT2D eigenvalue weighted by Gasteiger charge is 2.17. The van der Waals surface area contributed by atoms with E-state index in [4.69, 9.17) is 23.8 Å². The van der Waals surface area contributed by atoms with Crippen molar-refractivity contribution >= 4 is 34.7 Å². The summed E-state index contributed by atoms with van der Waals surface area (Å²) in [6.07, 6.45) is 6.93. The molecule has 3 nitrogen and oxygen atoms in total. The van der Waals surface area contributed by atoms with Gasteiger partial charge in [-0.15, -0.1) is 0 Å². The predicted molar refractivity (Wildman–Crippen MR) is 85.1 cm³/mol. The van der Waals surface area contributed by atoms with Gasteiger partial charge in [-0.05, 0) is 43.3 Å². The Bertz CT molecular complexity index is 742. The van der Waals surface area contributed by atoms with E-state index in [9.17, 15) is 4.79 Å². The molecule has 20 heavy (non-hydrogen) atoms. The molecule has 106 valence electrons. The molecule has 1 N–H and O–H groups in total. The lowest BCUT2D eigenvalue weighted by Gasteiger charge is -2.18. The van der Waals surface area contributed by atoms with Gasteiger partial charge in [-0.1, -0.05) is 37.3 Å². The monoisotopic (exact) mass is 308 g/mol. The molecule has 0 radical (unpaired) electrons. The van der Waals surface area contributed by atoms with Crippen LogP contribution < -0.4 is 5.56 Å². The number of aromatic nitrogens is 2. The molecular weight excluding hydrogens is 292 g/mol. The Kier molecular flexibility index (Phi) is 3.94. The number of aromatic amines is 1. The highest BCUT2D eigenvalue weighted by molar-refractivity contribution is 7.71. The molecule has 0 unspecified atom stereocenters. The SMILES string of the molecule is O=c1c2ccc(Cl)cc2[nH]c(=S)n1C1CCCCCC1. The van der Waals surface area contributed by atoms with Crippen molar-refractivity contribution in [1.29, 1.82) is 0 Å². The largest absolute Gasteiger partial charge is 0.331 e. The summed E-state index contributed by atoms with van der Waals surface area (Å²) < 4.78 is 2.29. The van der Waals surface area contributed by atoms with Crippen molar-refractivity contribution in [2.75, 3.05) is 0 Å². The third-order valence-electron chi connectivity index (χ3n) is 4.08. The topological polar surface area (TPSA) is 37.8 Å². The third-order valence-corrected chi connectivity index (χ3v) is 4.61. The number of H-pyrrole nitrogens is 1. The van der Waals surface area contributed by atoms with E-state index in [2.05, 4.69) is 4.98 Å². The van der Waals surface area contributed by atoms with Gasteiger partial charge in [0.1, 0.15) is 0 Å². The van der Waals surface area contributed by atoms with E-state index in [1.54, 1.807) is 22.8 Å². The Morgan fingerprint density at radius 2 is 1.90 bits per heavy atom. The summed E-state index contributed by atoms with van der Waals surface area (Å²) >= 11 is 11.4. The Morgan fingerprint density at radius 3 is 2.60 bits per heavy atom. The maximum Gasteiger partial charge on any atom is 0.262 e. The fourth-order valence-electron chi connectivity index (χ4n) is 3.05. The number of nitrogens with one attached hydrogen (secondary N) is 1. The van der Waals surface area contributed by atoms with Gasteiger partial charge >= 0.3 is 0 Å². The molecule has 0 amide bonds. The summed E-state index contributed by atoms with van der Waals surface area (Å²) in [6.45, 7) is 0. The average Bonchev–Trinajstić information content (AvgIpc) is 2.67. The van der Waals surface area contributed by atoms with Crippen LogP contribution in [-0.2, 0) is 0 Å². The fourth-order valence-corrected chi connectivity index (χ4v) is 3.57. The van der Waals surface area contributed by atoms with Crippen LogP contribution >= 0.6 is 23.8 Å². The number of hydrogen-bond donors (Lipinski definition) is 1. The Morgan fingerprint density at radius 1 is 1.20 bits per heavy atom. The van der Waals surface area contributed by atoms with Gasteiger partial charge in [-0.3, -0.25) is 9.36 Å². The molecule has 5 heteroatoms. The van der Waals surface area contributed by atoms with Crippen molar-refractivity contribution < 1.29 is 0 Å². The van der Waals surface area contributed by atoms with E-state index in [0.29, 0.717) is 15.2 Å². The maximum absolute atomic E-state index is 12.7. The predicted octanol–water partition coefficient (Wildman–Crippen LogP) is 4.61. The summed E-state index contributed by atoms with van der Waals surface area (Å²) in [5.41, 5.74) is 0.727. The Balaban J connectivity index is 2.18. The lowest BCUT2D eigenvalue weighted by Crippen LogP contribution is -2.26. The summed E-state index contributed by atoms with van der Waals surface area (Å²) in [5, 5.41) is 1.27. The van der Waals surface area contributed by atoms with E-state index in [0.717, 1.165) is 18.4 Å². The minimum Gasteiger partial charge on any atom is -0.331 e. The Hall–Kier alpha value is -1.13. The molecule has 0 aliphatic heterocycles. The minimum atomic E-state index is 0.00677. The molecule has 1 saturated carbocycles. The first kappa shape index (κ1) is 13.8. The summed E-state index contributed by atoms with van der Waals surface area (Å²) in [5.74, 6) is 0. The molecule has 1 fully saturated rings. The van der Waals surface area contributed by atoms with E-state index in [1.165, 1.54) is 25.7 Å². The molecule has 1 aliphatic carbocycles. The van der Waals surface area contributed by atoms with Crippen LogP contribution in [0.25, 0.3) is 10.9 Å². The van der Waals surface area contributed by atoms with Crippen molar-refractivity contribution in [2.45, 2.75) is 44.6 Å². The van der Waals surface area contributed by atoms with Gasteiger partial charge < -0.3 is 4.98 Å². The molecule has 0 bridgehead atoms. The molecular formula is C15H17ClN2OS. The molecule has 0 atom stereocenters. The zero-order chi connectivity index (χ0) is 14.1. The number of rotatable bonds is 1. The van der Waals surface area contributed by atoms with Gasteiger partial charge in [0, 0.05) is 11.1 Å². The summed E-state index contributed by atoms with van der Waals surface area (Å²) in [4.78, 5) is 15.9. The zero-order valence-corrected chi connectivity index (χ0v) is 12.8. The molecule has 3 rings (SSSR count). The van der Waals surface area contributed by atoms with Crippen LogP contribution in [0.2, 0.25) is 5.02 Å². The van der Waals surface area contributed by atoms with E-state index in [1.807, 2.05) is 0 Å². The average molecular weight is 309 g/mol. The van der Waals surface area contributed by atoms with Crippen molar-refractivity contribution in [1.82, 2.24) is 9.55 Å².